The van der Waals surface area contributed by atoms with Gasteiger partial charge in [0.2, 0.25) is 17.1 Å². The predicted octanol–water partition coefficient (Wildman–Crippen LogP) is 29.7. The average Bonchev–Trinajstić information content (AvgIpc) is 0.706. The molecule has 0 unspecified atom stereocenters. The zero-order valence-corrected chi connectivity index (χ0v) is 65.7. The van der Waals surface area contributed by atoms with Crippen LogP contribution in [-0.4, -0.2) is 0 Å². The van der Waals surface area contributed by atoms with E-state index in [2.05, 4.69) is 193 Å². The topological polar surface area (TPSA) is 240 Å². The zero-order chi connectivity index (χ0) is 86.9. The highest BCUT2D eigenvalue weighted by Crippen LogP contribution is 2.55. The number of nitrogens with zero attached hydrogens (tertiary/aromatic N) is 15. The monoisotopic (exact) mass is 1590 g/mol. The Morgan fingerprint density at radius 3 is 0.675 bits per heavy atom. The minimum absolute atomic E-state index is 0.0000449. The third kappa shape index (κ3) is 11.4. The van der Waals surface area contributed by atoms with Crippen LogP contribution in [0.25, 0.3) is 223 Å². The molecule has 0 radical (unpaired) electrons. The highest BCUT2D eigenvalue weighted by molar-refractivity contribution is 6.41. The van der Waals surface area contributed by atoms with Gasteiger partial charge in [0.05, 0.1) is 95.6 Å². The first-order valence-electron chi connectivity index (χ1n) is 39.1. The molecule has 564 valence electrons. The molecule has 15 nitrogen and oxygen atoms in total. The van der Waals surface area contributed by atoms with Crippen molar-refractivity contribution in [2.24, 2.45) is 0 Å². The average molecular weight is 1590 g/mol. The molecule has 0 atom stereocenters. The molecule has 22 rings (SSSR count). The molecular formula is C111H45N15. The lowest BCUT2D eigenvalue weighted by Crippen LogP contribution is -1.92. The molecule has 22 aromatic carbocycles. The Balaban J connectivity index is 0.000000110. The Morgan fingerprint density at radius 1 is 0.159 bits per heavy atom. The Hall–Kier alpha value is -20.1. The van der Waals surface area contributed by atoms with Crippen molar-refractivity contribution < 1.29 is 0 Å². The molecule has 0 fully saturated rings. The van der Waals surface area contributed by atoms with E-state index in [-0.39, 0.29) is 61.9 Å². The molecule has 0 saturated carbocycles. The lowest BCUT2D eigenvalue weighted by molar-refractivity contribution is 1.45. The van der Waals surface area contributed by atoms with Crippen molar-refractivity contribution in [2.75, 3.05) is 0 Å². The minimum Gasteiger partial charge on any atom is -0.262 e. The van der Waals surface area contributed by atoms with E-state index in [1.165, 1.54) is 27.6 Å². The van der Waals surface area contributed by atoms with Gasteiger partial charge in [-0.2, -0.15) is 47.4 Å². The summed E-state index contributed by atoms with van der Waals surface area (Å²) in [7, 11) is 0. The van der Waals surface area contributed by atoms with Gasteiger partial charge in [-0.25, -0.2) is 0 Å². The second-order valence-corrected chi connectivity index (χ2v) is 29.9. The molecule has 22 aromatic rings. The van der Waals surface area contributed by atoms with Crippen LogP contribution in [0.1, 0.15) is 50.1 Å². The van der Waals surface area contributed by atoms with Crippen LogP contribution < -0.4 is 0 Å². The maximum Gasteiger partial charge on any atom is 0.202 e. The Morgan fingerprint density at radius 2 is 0.381 bits per heavy atom. The first-order chi connectivity index (χ1) is 61.9. The molecule has 0 bridgehead atoms. The number of rotatable bonds is 0. The highest BCUT2D eigenvalue weighted by atomic mass is 14.8. The second-order valence-electron chi connectivity index (χ2n) is 29.9. The van der Waals surface area contributed by atoms with Gasteiger partial charge in [0.15, 0.2) is 17.1 Å². The SMILES string of the molecule is N#Cc1cc2c(cc1C#N)c1c3ccccc3ccc1c1ccc3ccccc3c12.N#Cc1cc2c3ccc4ccccc4c3c3ccc4ccccc4c3c2cc1C#N.[C-]#[N+]c1c([N+]#[C-])c([N+]#[C-])c2c3ccc4ccccc4c3c3cc(C#N)c(C#N)cc3c2c1C#N.[C-]#[N+]c1cc2c3cc(C#N)c(C#N)cc3c3c4ccccc4ccc3c2c([N+]#[C-])c1[N+]#[C-]. The van der Waals surface area contributed by atoms with E-state index in [0.717, 1.165) is 129 Å². The van der Waals surface area contributed by atoms with Crippen molar-refractivity contribution in [2.45, 2.75) is 0 Å². The van der Waals surface area contributed by atoms with Crippen LogP contribution in [0.5, 0.6) is 0 Å². The molecule has 15 heteroatoms. The molecule has 0 N–H and O–H groups in total. The number of hydrogen-bond acceptors (Lipinski definition) is 9. The van der Waals surface area contributed by atoms with Crippen molar-refractivity contribution in [3.63, 3.8) is 0 Å². The van der Waals surface area contributed by atoms with Gasteiger partial charge in [0.1, 0.15) is 48.6 Å². The van der Waals surface area contributed by atoms with Crippen molar-refractivity contribution in [3.8, 4) is 54.6 Å². The summed E-state index contributed by atoms with van der Waals surface area (Å²) >= 11 is 0. The highest BCUT2D eigenvalue weighted by Gasteiger charge is 2.28. The smallest absolute Gasteiger partial charge is 0.202 e. The fourth-order valence-electron chi connectivity index (χ4n) is 18.6. The van der Waals surface area contributed by atoms with Crippen molar-refractivity contribution >= 4 is 228 Å². The molecule has 0 aromatic heterocycles. The number of fused-ring (bicyclic) bond motifs is 36. The summed E-state index contributed by atoms with van der Waals surface area (Å²) in [6.45, 7) is 46.1. The van der Waals surface area contributed by atoms with E-state index < -0.39 is 0 Å². The summed E-state index contributed by atoms with van der Waals surface area (Å²) < 4.78 is 0. The fourth-order valence-corrected chi connectivity index (χ4v) is 18.6. The maximum atomic E-state index is 10.1. The van der Waals surface area contributed by atoms with Gasteiger partial charge in [-0.3, -0.25) is 29.1 Å². The summed E-state index contributed by atoms with van der Waals surface area (Å²) in [6.07, 6.45) is 0. The van der Waals surface area contributed by atoms with E-state index in [4.69, 9.17) is 39.4 Å². The van der Waals surface area contributed by atoms with Gasteiger partial charge in [-0.1, -0.05) is 224 Å². The van der Waals surface area contributed by atoms with Crippen molar-refractivity contribution in [3.05, 3.63) is 392 Å². The summed E-state index contributed by atoms with van der Waals surface area (Å²) in [5, 5.41) is 121. The van der Waals surface area contributed by atoms with E-state index in [1.54, 1.807) is 24.3 Å². The molecule has 0 saturated heterocycles. The lowest BCUT2D eigenvalue weighted by atomic mass is 9.86. The van der Waals surface area contributed by atoms with Gasteiger partial charge >= 0.3 is 0 Å². The molecule has 0 heterocycles. The van der Waals surface area contributed by atoms with Crippen LogP contribution >= 0.6 is 0 Å². The third-order valence-electron chi connectivity index (χ3n) is 23.9. The van der Waals surface area contributed by atoms with E-state index in [9.17, 15) is 47.4 Å². The van der Waals surface area contributed by atoms with Crippen molar-refractivity contribution in [1.29, 1.82) is 47.4 Å². The lowest BCUT2D eigenvalue weighted by Gasteiger charge is -2.17. The Kier molecular flexibility index (Phi) is 18.3. The molecule has 0 aliphatic heterocycles. The number of hydrogen-bond donors (Lipinski definition) is 0. The molecule has 126 heavy (non-hydrogen) atoms. The largest absolute Gasteiger partial charge is 0.262 e. The Bertz CT molecular complexity index is 9510. The maximum absolute atomic E-state index is 10.1. The number of nitriles is 9. The number of benzene rings is 22. The molecule has 0 amide bonds. The minimum atomic E-state index is -0.180. The van der Waals surface area contributed by atoms with Crippen molar-refractivity contribution in [1.82, 2.24) is 0 Å². The summed E-state index contributed by atoms with van der Waals surface area (Å²) in [5.41, 5.74) is 2.39. The zero-order valence-electron chi connectivity index (χ0n) is 65.7. The van der Waals surface area contributed by atoms with Gasteiger partial charge in [-0.05, 0) is 242 Å². The summed E-state index contributed by atoms with van der Waals surface area (Å²) in [6, 6.07) is 109. The van der Waals surface area contributed by atoms with Gasteiger partial charge in [0, 0.05) is 0 Å². The Labute approximate surface area is 717 Å². The van der Waals surface area contributed by atoms with E-state index >= 15 is 0 Å². The fraction of sp³-hybridized carbons (Fsp3) is 0. The second kappa shape index (κ2) is 30.4. The molecule has 0 spiro atoms. The first kappa shape index (κ1) is 75.9. The molecule has 0 aliphatic carbocycles. The standard InChI is InChI=1S/C28H8N6.2C28H14N2.C27H9N5/c1-32-26-22(14-31)24-21-11-17(13-30)16(12-29)10-20(21)23-18-7-5-4-6-15(18)8-9-19(23)25(24)27(33-2)28(26)34-3;29-15-19-13-25-23-11-9-17-5-1-3-7-21(17)27(23)24-12-10-18-6-2-4-8-22(18)28(24)26(25)14-20(19)16-30;29-15-19-13-25-26(14-20(19)16-30)28-22-8-4-2-6-18(22)10-12-24(28)23-11-9-17-5-1-3-7-21(17)27(23)25;1-30-23-12-22-20-10-16(13-28)17(14-29)11-21(20)24-18-7-5-4-6-15(18)8-9-19(24)25(22)27(32-3)26(23)31-2/h4-11H;2*1-14H;4-12H. The summed E-state index contributed by atoms with van der Waals surface area (Å²) in [4.78, 5) is 21.2. The van der Waals surface area contributed by atoms with Crippen LogP contribution in [-0.2, 0) is 0 Å². The molecule has 0 aliphatic rings. The van der Waals surface area contributed by atoms with Crippen LogP contribution in [0.2, 0.25) is 0 Å². The molecular weight excluding hydrogens is 1540 g/mol. The first-order valence-corrected chi connectivity index (χ1v) is 39.1. The third-order valence-corrected chi connectivity index (χ3v) is 23.9. The normalized spacial score (nSPS) is 10.7. The summed E-state index contributed by atoms with van der Waals surface area (Å²) in [5.74, 6) is 0. The van der Waals surface area contributed by atoms with Crippen LogP contribution in [0.4, 0.5) is 34.1 Å². The predicted molar refractivity (Wildman–Crippen MR) is 501 cm³/mol. The van der Waals surface area contributed by atoms with E-state index in [1.807, 2.05) is 133 Å². The van der Waals surface area contributed by atoms with Crippen LogP contribution in [0.3, 0.4) is 0 Å². The van der Waals surface area contributed by atoms with Crippen LogP contribution in [0.15, 0.2) is 273 Å². The quantitative estimate of drug-likeness (QED) is 0.103. The van der Waals surface area contributed by atoms with Gasteiger partial charge in [-0.15, -0.1) is 0 Å². The van der Waals surface area contributed by atoms with Gasteiger partial charge < -0.3 is 0 Å². The van der Waals surface area contributed by atoms with Gasteiger partial charge in [0.25, 0.3) is 0 Å². The van der Waals surface area contributed by atoms with E-state index in [0.29, 0.717) is 65.3 Å². The van der Waals surface area contributed by atoms with Crippen LogP contribution in [0, 0.1) is 141 Å².